The van der Waals surface area contributed by atoms with Crippen LogP contribution in [-0.2, 0) is 4.84 Å². The molecule has 0 saturated carbocycles. The van der Waals surface area contributed by atoms with Crippen molar-refractivity contribution in [3.63, 3.8) is 0 Å². The summed E-state index contributed by atoms with van der Waals surface area (Å²) in [4.78, 5) is 11.9. The average molecular weight is 481 g/mol. The van der Waals surface area contributed by atoms with Gasteiger partial charge in [0, 0.05) is 30.8 Å². The van der Waals surface area contributed by atoms with Crippen molar-refractivity contribution in [3.05, 3.63) is 83.0 Å². The fourth-order valence-corrected chi connectivity index (χ4v) is 4.67. The van der Waals surface area contributed by atoms with Crippen LogP contribution < -0.4 is 4.74 Å². The third kappa shape index (κ3) is 4.92. The highest BCUT2D eigenvalue weighted by molar-refractivity contribution is 6.02. The Morgan fingerprint density at radius 1 is 1.17 bits per heavy atom. The molecule has 1 fully saturated rings. The Kier molecular flexibility index (Phi) is 7.19. The minimum atomic E-state index is -0.581. The lowest BCUT2D eigenvalue weighted by atomic mass is 9.94. The quantitative estimate of drug-likeness (QED) is 0.456. The molecular formula is C27H30F2N4O2. The van der Waals surface area contributed by atoms with E-state index in [1.807, 2.05) is 35.9 Å². The number of halogens is 2. The zero-order valence-corrected chi connectivity index (χ0v) is 19.2. The lowest BCUT2D eigenvalue weighted by Gasteiger charge is -2.36. The van der Waals surface area contributed by atoms with E-state index in [0.29, 0.717) is 24.4 Å². The molecule has 0 spiro atoms. The maximum absolute atomic E-state index is 14.7. The predicted molar refractivity (Wildman–Crippen MR) is 133 cm³/mol. The van der Waals surface area contributed by atoms with Crippen molar-refractivity contribution in [3.8, 4) is 11.4 Å². The molecule has 3 aromatic rings. The molecule has 1 aromatic heterocycles. The number of aryl methyl sites for hydroxylation is 1. The Morgan fingerprint density at radius 2 is 2.03 bits per heavy atom. The third-order valence-corrected chi connectivity index (χ3v) is 6.27. The number of oxime groups is 1. The summed E-state index contributed by atoms with van der Waals surface area (Å²) in [5, 5.41) is 4.39. The number of methoxy groups -OCH3 is 1. The van der Waals surface area contributed by atoms with Crippen molar-refractivity contribution < 1.29 is 18.4 Å². The first-order chi connectivity index (χ1) is 16.5. The maximum atomic E-state index is 14.7. The number of nitrogens with zero attached hydrogens (tertiary/aromatic N) is 4. The maximum Gasteiger partial charge on any atom is 0.171 e. The van der Waals surface area contributed by atoms with Crippen LogP contribution >= 0.6 is 0 Å². The van der Waals surface area contributed by atoms with Crippen LogP contribution in [0.2, 0.25) is 0 Å². The van der Waals surface area contributed by atoms with Crippen LogP contribution in [0.3, 0.4) is 0 Å². The van der Waals surface area contributed by atoms with Crippen molar-refractivity contribution in [1.82, 2.24) is 14.5 Å². The Labute approximate surface area is 204 Å². The minimum Gasteiger partial charge on any atom is -0.495 e. The second-order valence-electron chi connectivity index (χ2n) is 8.54. The van der Waals surface area contributed by atoms with Gasteiger partial charge in [0.1, 0.15) is 24.0 Å². The molecule has 0 aliphatic carbocycles. The Balaban J connectivity index is 0.00000289. The molecule has 0 radical (unpaired) electrons. The number of rotatable bonds is 4. The summed E-state index contributed by atoms with van der Waals surface area (Å²) in [6, 6.07) is 9.49. The lowest BCUT2D eigenvalue weighted by Crippen LogP contribution is -2.39. The normalized spacial score (nSPS) is 18.7. The van der Waals surface area contributed by atoms with Crippen molar-refractivity contribution >= 4 is 11.9 Å². The molecule has 6 nitrogen and oxygen atoms in total. The van der Waals surface area contributed by atoms with Gasteiger partial charge >= 0.3 is 0 Å². The fourth-order valence-electron chi connectivity index (χ4n) is 4.67. The van der Waals surface area contributed by atoms with Crippen LogP contribution in [0.4, 0.5) is 8.78 Å². The first kappa shape index (κ1) is 24.4. The van der Waals surface area contributed by atoms with E-state index < -0.39 is 11.6 Å². The van der Waals surface area contributed by atoms with Gasteiger partial charge in [-0.1, -0.05) is 24.7 Å². The van der Waals surface area contributed by atoms with Crippen LogP contribution in [-0.4, -0.2) is 40.5 Å². The Morgan fingerprint density at radius 3 is 2.77 bits per heavy atom. The molecule has 2 aliphatic rings. The molecule has 8 heteroatoms. The smallest absolute Gasteiger partial charge is 0.171 e. The van der Waals surface area contributed by atoms with E-state index in [0.717, 1.165) is 53.7 Å². The van der Waals surface area contributed by atoms with Gasteiger partial charge in [0.25, 0.3) is 0 Å². The molecule has 1 unspecified atom stereocenters. The number of benzene rings is 2. The molecule has 1 saturated heterocycles. The van der Waals surface area contributed by atoms with E-state index in [1.54, 1.807) is 13.4 Å². The molecule has 2 aliphatic heterocycles. The molecular weight excluding hydrogens is 450 g/mol. The molecule has 5 rings (SSSR count). The number of aromatic nitrogens is 2. The molecule has 1 atom stereocenters. The highest BCUT2D eigenvalue weighted by atomic mass is 19.1. The standard InChI is InChI=1S/C26H26F2N4O2.CH4/c1-17-15-31(16-29-17)24-8-5-18(13-25(24)33-2)12-19-4-3-10-32-23(9-11-34-30-26(19)32)21-7-6-20(27)14-22(21)28;/h5-8,12-16,23H,3-4,9-11H2,1-2H3;1H4/b19-12+;. The number of imidazole rings is 1. The number of amidine groups is 1. The van der Waals surface area contributed by atoms with E-state index in [9.17, 15) is 8.78 Å². The highest BCUT2D eigenvalue weighted by Gasteiger charge is 2.32. The van der Waals surface area contributed by atoms with Crippen LogP contribution in [0.25, 0.3) is 11.8 Å². The number of piperidine rings is 1. The van der Waals surface area contributed by atoms with Gasteiger partial charge in [-0.25, -0.2) is 13.8 Å². The van der Waals surface area contributed by atoms with Gasteiger partial charge < -0.3 is 19.0 Å². The molecule has 0 amide bonds. The predicted octanol–water partition coefficient (Wildman–Crippen LogP) is 6.06. The van der Waals surface area contributed by atoms with E-state index in [2.05, 4.69) is 21.1 Å². The van der Waals surface area contributed by atoms with E-state index in [4.69, 9.17) is 9.57 Å². The van der Waals surface area contributed by atoms with Crippen LogP contribution in [0.15, 0.2) is 59.7 Å². The van der Waals surface area contributed by atoms with Gasteiger partial charge in [-0.2, -0.15) is 0 Å². The molecule has 0 N–H and O–H groups in total. The topological polar surface area (TPSA) is 51.9 Å². The lowest BCUT2D eigenvalue weighted by molar-refractivity contribution is 0.140. The SMILES string of the molecule is C.COc1cc(/C=C2\CCCN3C2=NOCCC3c2ccc(F)cc2F)ccc1-n1cnc(C)c1. The largest absolute Gasteiger partial charge is 0.495 e. The van der Waals surface area contributed by atoms with Gasteiger partial charge in [-0.3, -0.25) is 0 Å². The summed E-state index contributed by atoms with van der Waals surface area (Å²) in [5.74, 6) is 0.301. The zero-order chi connectivity index (χ0) is 23.7. The van der Waals surface area contributed by atoms with Crippen LogP contribution in [0.1, 0.15) is 49.6 Å². The summed E-state index contributed by atoms with van der Waals surface area (Å²) >= 11 is 0. The van der Waals surface area contributed by atoms with E-state index >= 15 is 0 Å². The Bertz CT molecular complexity index is 1270. The minimum absolute atomic E-state index is 0. The molecule has 3 heterocycles. The van der Waals surface area contributed by atoms with Crippen molar-refractivity contribution in [2.75, 3.05) is 20.3 Å². The number of ether oxygens (including phenoxy) is 1. The number of hydrogen-bond donors (Lipinski definition) is 0. The molecule has 184 valence electrons. The molecule has 2 aromatic carbocycles. The zero-order valence-electron chi connectivity index (χ0n) is 19.2. The van der Waals surface area contributed by atoms with Gasteiger partial charge in [0.2, 0.25) is 0 Å². The summed E-state index contributed by atoms with van der Waals surface area (Å²) in [6.45, 7) is 3.03. The third-order valence-electron chi connectivity index (χ3n) is 6.27. The highest BCUT2D eigenvalue weighted by Crippen LogP contribution is 2.35. The average Bonchev–Trinajstić information content (AvgIpc) is 3.14. The summed E-state index contributed by atoms with van der Waals surface area (Å²) in [7, 11) is 1.65. The van der Waals surface area contributed by atoms with Gasteiger partial charge in [0.15, 0.2) is 5.84 Å². The van der Waals surface area contributed by atoms with E-state index in [1.165, 1.54) is 12.1 Å². The van der Waals surface area contributed by atoms with Gasteiger partial charge in [0.05, 0.1) is 30.9 Å². The van der Waals surface area contributed by atoms with Crippen molar-refractivity contribution in [2.24, 2.45) is 5.16 Å². The second-order valence-corrected chi connectivity index (χ2v) is 8.54. The fraction of sp³-hybridized carbons (Fsp3) is 0.333. The van der Waals surface area contributed by atoms with Crippen LogP contribution in [0.5, 0.6) is 5.75 Å². The summed E-state index contributed by atoms with van der Waals surface area (Å²) < 4.78 is 35.7. The monoisotopic (exact) mass is 480 g/mol. The first-order valence-electron chi connectivity index (χ1n) is 11.3. The first-order valence-corrected chi connectivity index (χ1v) is 11.3. The molecule has 0 bridgehead atoms. The van der Waals surface area contributed by atoms with Crippen molar-refractivity contribution in [1.29, 1.82) is 0 Å². The number of fused-ring (bicyclic) bond motifs is 1. The van der Waals surface area contributed by atoms with Gasteiger partial charge in [-0.15, -0.1) is 0 Å². The van der Waals surface area contributed by atoms with Crippen LogP contribution in [0, 0.1) is 18.6 Å². The summed E-state index contributed by atoms with van der Waals surface area (Å²) in [6.07, 6.45) is 8.06. The number of hydrogen-bond acceptors (Lipinski definition) is 5. The Hall–Kier alpha value is -3.68. The van der Waals surface area contributed by atoms with E-state index in [-0.39, 0.29) is 13.5 Å². The summed E-state index contributed by atoms with van der Waals surface area (Å²) in [5.41, 5.74) is 4.26. The molecule has 35 heavy (non-hydrogen) atoms. The van der Waals surface area contributed by atoms with Gasteiger partial charge in [-0.05, 0) is 55.2 Å². The second kappa shape index (κ2) is 10.3. The van der Waals surface area contributed by atoms with Crippen molar-refractivity contribution in [2.45, 2.75) is 39.7 Å².